The average molecular weight is 276 g/mol. The fraction of sp³-hybridized carbons (Fsp3) is 0.308. The monoisotopic (exact) mass is 276 g/mol. The number of benzene rings is 1. The van der Waals surface area contributed by atoms with E-state index in [0.717, 1.165) is 29.1 Å². The van der Waals surface area contributed by atoms with Crippen LogP contribution in [0.2, 0.25) is 0 Å². The maximum atomic E-state index is 11.1. The number of thioether (sulfide) groups is 1. The SMILES string of the molecule is O=CCCC1CSC(c2ccc3oc(=O)[nH]c3c2)=N1. The van der Waals surface area contributed by atoms with Gasteiger partial charge in [-0.05, 0) is 24.6 Å². The second-order valence-corrected chi connectivity index (χ2v) is 5.38. The minimum atomic E-state index is -0.447. The van der Waals surface area contributed by atoms with Gasteiger partial charge < -0.3 is 9.21 Å². The second-order valence-electron chi connectivity index (χ2n) is 4.37. The molecule has 0 radical (unpaired) electrons. The van der Waals surface area contributed by atoms with Crippen LogP contribution in [0.15, 0.2) is 32.4 Å². The van der Waals surface area contributed by atoms with Gasteiger partial charge in [-0.2, -0.15) is 0 Å². The van der Waals surface area contributed by atoms with Gasteiger partial charge in [0, 0.05) is 17.7 Å². The smallest absolute Gasteiger partial charge is 0.408 e. The molecule has 1 aliphatic rings. The second kappa shape index (κ2) is 5.05. The molecule has 1 aromatic carbocycles. The Morgan fingerprint density at radius 2 is 2.42 bits per heavy atom. The predicted octanol–water partition coefficient (Wildman–Crippen LogP) is 1.96. The standard InChI is InChI=1S/C13H12N2O3S/c16-5-1-2-9-7-19-12(14-9)8-3-4-11-10(6-8)15-13(17)18-11/h3-6,9H,1-2,7H2,(H,15,17). The zero-order chi connectivity index (χ0) is 13.2. The number of carbonyl (C=O) groups is 1. The Kier molecular flexibility index (Phi) is 3.25. The van der Waals surface area contributed by atoms with E-state index in [1.54, 1.807) is 17.8 Å². The molecule has 3 rings (SSSR count). The Labute approximate surface area is 113 Å². The van der Waals surface area contributed by atoms with Crippen LogP contribution in [0, 0.1) is 0 Å². The van der Waals surface area contributed by atoms with Crippen molar-refractivity contribution in [2.24, 2.45) is 4.99 Å². The highest BCUT2D eigenvalue weighted by molar-refractivity contribution is 8.14. The number of H-pyrrole nitrogens is 1. The van der Waals surface area contributed by atoms with Crippen molar-refractivity contribution in [1.29, 1.82) is 0 Å². The summed E-state index contributed by atoms with van der Waals surface area (Å²) in [5, 5.41) is 0.958. The Bertz CT molecular complexity index is 701. The molecular weight excluding hydrogens is 264 g/mol. The molecule has 0 saturated heterocycles. The number of rotatable bonds is 4. The quantitative estimate of drug-likeness (QED) is 0.866. The first-order valence-corrected chi connectivity index (χ1v) is 7.02. The summed E-state index contributed by atoms with van der Waals surface area (Å²) in [6, 6.07) is 5.75. The van der Waals surface area contributed by atoms with Gasteiger partial charge in [-0.15, -0.1) is 11.8 Å². The number of aldehydes is 1. The molecule has 1 unspecified atom stereocenters. The van der Waals surface area contributed by atoms with Gasteiger partial charge in [0.25, 0.3) is 0 Å². The number of nitrogens with zero attached hydrogens (tertiary/aromatic N) is 1. The summed E-state index contributed by atoms with van der Waals surface area (Å²) in [5.74, 6) is 0.459. The molecule has 5 nitrogen and oxygen atoms in total. The summed E-state index contributed by atoms with van der Waals surface area (Å²) in [4.78, 5) is 28.7. The van der Waals surface area contributed by atoms with Gasteiger partial charge >= 0.3 is 5.76 Å². The molecule has 1 atom stereocenters. The van der Waals surface area contributed by atoms with E-state index in [1.807, 2.05) is 12.1 Å². The summed E-state index contributed by atoms with van der Waals surface area (Å²) in [6.07, 6.45) is 2.28. The molecule has 0 spiro atoms. The number of hydrogen-bond donors (Lipinski definition) is 1. The third-order valence-corrected chi connectivity index (χ3v) is 4.16. The number of hydrogen-bond acceptors (Lipinski definition) is 5. The minimum absolute atomic E-state index is 0.212. The van der Waals surface area contributed by atoms with Crippen molar-refractivity contribution in [3.8, 4) is 0 Å². The highest BCUT2D eigenvalue weighted by Gasteiger charge is 2.19. The van der Waals surface area contributed by atoms with Crippen LogP contribution in [0.5, 0.6) is 0 Å². The van der Waals surface area contributed by atoms with Gasteiger partial charge in [-0.25, -0.2) is 4.79 Å². The van der Waals surface area contributed by atoms with Crippen LogP contribution >= 0.6 is 11.8 Å². The van der Waals surface area contributed by atoms with E-state index in [4.69, 9.17) is 4.42 Å². The van der Waals surface area contributed by atoms with Gasteiger partial charge in [0.15, 0.2) is 5.58 Å². The lowest BCUT2D eigenvalue weighted by Gasteiger charge is -2.00. The average Bonchev–Trinajstić information content (AvgIpc) is 3.00. The van der Waals surface area contributed by atoms with E-state index in [-0.39, 0.29) is 6.04 Å². The molecule has 6 heteroatoms. The molecule has 2 heterocycles. The topological polar surface area (TPSA) is 75.4 Å². The first kappa shape index (κ1) is 12.2. The molecule has 1 N–H and O–H groups in total. The molecule has 0 saturated carbocycles. The molecule has 1 aromatic heterocycles. The number of aromatic amines is 1. The first-order valence-electron chi connectivity index (χ1n) is 6.04. The van der Waals surface area contributed by atoms with Crippen LogP contribution in [-0.4, -0.2) is 28.1 Å². The Balaban J connectivity index is 1.87. The van der Waals surface area contributed by atoms with Crippen molar-refractivity contribution >= 4 is 34.2 Å². The van der Waals surface area contributed by atoms with Crippen molar-refractivity contribution < 1.29 is 9.21 Å². The number of aromatic nitrogens is 1. The van der Waals surface area contributed by atoms with Crippen molar-refractivity contribution in [3.63, 3.8) is 0 Å². The van der Waals surface area contributed by atoms with E-state index in [2.05, 4.69) is 9.98 Å². The molecular formula is C13H12N2O3S. The van der Waals surface area contributed by atoms with Crippen LogP contribution in [0.4, 0.5) is 0 Å². The van der Waals surface area contributed by atoms with Crippen LogP contribution < -0.4 is 5.76 Å². The number of fused-ring (bicyclic) bond motifs is 1. The molecule has 0 amide bonds. The summed E-state index contributed by atoms with van der Waals surface area (Å²) in [6.45, 7) is 0. The zero-order valence-corrected chi connectivity index (χ0v) is 10.9. The molecule has 1 aliphatic heterocycles. The molecule has 19 heavy (non-hydrogen) atoms. The highest BCUT2D eigenvalue weighted by atomic mass is 32.2. The van der Waals surface area contributed by atoms with E-state index >= 15 is 0 Å². The summed E-state index contributed by atoms with van der Waals surface area (Å²) < 4.78 is 4.96. The fourth-order valence-corrected chi connectivity index (χ4v) is 3.18. The van der Waals surface area contributed by atoms with Crippen molar-refractivity contribution in [1.82, 2.24) is 4.98 Å². The predicted molar refractivity (Wildman–Crippen MR) is 74.9 cm³/mol. The minimum Gasteiger partial charge on any atom is -0.408 e. The number of aliphatic imine (C=N–C) groups is 1. The van der Waals surface area contributed by atoms with Crippen LogP contribution in [0.1, 0.15) is 18.4 Å². The highest BCUT2D eigenvalue weighted by Crippen LogP contribution is 2.26. The van der Waals surface area contributed by atoms with Crippen molar-refractivity contribution in [3.05, 3.63) is 34.3 Å². The third kappa shape index (κ3) is 2.49. The van der Waals surface area contributed by atoms with Gasteiger partial charge in [0.1, 0.15) is 6.29 Å². The molecule has 98 valence electrons. The van der Waals surface area contributed by atoms with Gasteiger partial charge in [0.05, 0.1) is 16.6 Å². The van der Waals surface area contributed by atoms with Crippen LogP contribution in [0.3, 0.4) is 0 Å². The largest absolute Gasteiger partial charge is 0.417 e. The van der Waals surface area contributed by atoms with Gasteiger partial charge in [-0.1, -0.05) is 0 Å². The van der Waals surface area contributed by atoms with Gasteiger partial charge in [0.2, 0.25) is 0 Å². The Morgan fingerprint density at radius 1 is 1.53 bits per heavy atom. The number of nitrogens with one attached hydrogen (secondary N) is 1. The molecule has 0 fully saturated rings. The van der Waals surface area contributed by atoms with Crippen LogP contribution in [-0.2, 0) is 4.79 Å². The Hall–Kier alpha value is -1.82. The third-order valence-electron chi connectivity index (χ3n) is 3.00. The van der Waals surface area contributed by atoms with E-state index in [0.29, 0.717) is 17.5 Å². The summed E-state index contributed by atoms with van der Waals surface area (Å²) in [5.41, 5.74) is 2.21. The normalized spacial score (nSPS) is 18.7. The summed E-state index contributed by atoms with van der Waals surface area (Å²) >= 11 is 1.68. The lowest BCUT2D eigenvalue weighted by Crippen LogP contribution is -2.03. The molecule has 2 aromatic rings. The van der Waals surface area contributed by atoms with Crippen molar-refractivity contribution in [2.75, 3.05) is 5.75 Å². The lowest BCUT2D eigenvalue weighted by atomic mass is 10.2. The van der Waals surface area contributed by atoms with E-state index in [1.165, 1.54) is 0 Å². The summed E-state index contributed by atoms with van der Waals surface area (Å²) in [7, 11) is 0. The first-order chi connectivity index (χ1) is 9.26. The zero-order valence-electron chi connectivity index (χ0n) is 10.1. The van der Waals surface area contributed by atoms with Crippen LogP contribution in [0.25, 0.3) is 11.1 Å². The number of carbonyl (C=O) groups excluding carboxylic acids is 1. The maximum absolute atomic E-state index is 11.1. The Morgan fingerprint density at radius 3 is 3.26 bits per heavy atom. The molecule has 0 bridgehead atoms. The lowest BCUT2D eigenvalue weighted by molar-refractivity contribution is -0.107. The van der Waals surface area contributed by atoms with Gasteiger partial charge in [-0.3, -0.25) is 9.98 Å². The fourth-order valence-electron chi connectivity index (χ4n) is 2.07. The van der Waals surface area contributed by atoms with Crippen molar-refractivity contribution in [2.45, 2.75) is 18.9 Å². The van der Waals surface area contributed by atoms with E-state index < -0.39 is 5.76 Å². The number of oxazole rings is 1. The molecule has 0 aliphatic carbocycles. The van der Waals surface area contributed by atoms with E-state index in [9.17, 15) is 9.59 Å². The maximum Gasteiger partial charge on any atom is 0.417 e.